The number of aliphatic hydroxyl groups is 3. The van der Waals surface area contributed by atoms with E-state index in [1.807, 2.05) is 0 Å². The van der Waals surface area contributed by atoms with Crippen LogP contribution in [0.3, 0.4) is 0 Å². The predicted molar refractivity (Wildman–Crippen MR) is 70.8 cm³/mol. The van der Waals surface area contributed by atoms with Gasteiger partial charge in [-0.3, -0.25) is 0 Å². The molecular weight excluding hydrogens is 216 g/mol. The van der Waals surface area contributed by atoms with Crippen molar-refractivity contribution in [2.75, 3.05) is 19.8 Å². The average molecular weight is 246 g/mol. The lowest BCUT2D eigenvalue weighted by Gasteiger charge is -2.32. The fourth-order valence-electron chi connectivity index (χ4n) is 2.22. The van der Waals surface area contributed by atoms with Crippen LogP contribution in [-0.4, -0.2) is 35.1 Å². The molecule has 3 nitrogen and oxygen atoms in total. The fourth-order valence-corrected chi connectivity index (χ4v) is 2.22. The summed E-state index contributed by atoms with van der Waals surface area (Å²) in [6.45, 7) is 6.83. The summed E-state index contributed by atoms with van der Waals surface area (Å²) in [4.78, 5) is 0. The zero-order chi connectivity index (χ0) is 13.4. The second kappa shape index (κ2) is 8.06. The van der Waals surface area contributed by atoms with E-state index in [2.05, 4.69) is 20.8 Å². The zero-order valence-corrected chi connectivity index (χ0v) is 11.7. The van der Waals surface area contributed by atoms with E-state index in [1.165, 1.54) is 0 Å². The van der Waals surface area contributed by atoms with Gasteiger partial charge in [0.2, 0.25) is 0 Å². The summed E-state index contributed by atoms with van der Waals surface area (Å²) in [7, 11) is 0. The summed E-state index contributed by atoms with van der Waals surface area (Å²) < 4.78 is 0. The van der Waals surface area contributed by atoms with Crippen LogP contribution < -0.4 is 0 Å². The van der Waals surface area contributed by atoms with E-state index in [0.29, 0.717) is 0 Å². The minimum atomic E-state index is -0.0335. The molecule has 1 atom stereocenters. The molecule has 104 valence electrons. The van der Waals surface area contributed by atoms with Crippen LogP contribution in [0, 0.1) is 10.8 Å². The molecule has 0 heterocycles. The molecule has 0 fully saturated rings. The highest BCUT2D eigenvalue weighted by Crippen LogP contribution is 2.35. The smallest absolute Gasteiger partial charge is 0.0487 e. The summed E-state index contributed by atoms with van der Waals surface area (Å²) in [6, 6.07) is 0. The van der Waals surface area contributed by atoms with Crippen molar-refractivity contribution in [2.45, 2.75) is 59.3 Å². The Morgan fingerprint density at radius 1 is 0.824 bits per heavy atom. The first kappa shape index (κ1) is 16.9. The van der Waals surface area contributed by atoms with E-state index >= 15 is 0 Å². The summed E-state index contributed by atoms with van der Waals surface area (Å²) in [5, 5.41) is 27.7. The van der Waals surface area contributed by atoms with Crippen LogP contribution in [-0.2, 0) is 0 Å². The van der Waals surface area contributed by atoms with Gasteiger partial charge in [0.1, 0.15) is 0 Å². The summed E-state index contributed by atoms with van der Waals surface area (Å²) >= 11 is 0. The van der Waals surface area contributed by atoms with Crippen LogP contribution in [0.25, 0.3) is 0 Å². The van der Waals surface area contributed by atoms with E-state index in [9.17, 15) is 10.2 Å². The van der Waals surface area contributed by atoms with Crippen molar-refractivity contribution in [3.05, 3.63) is 0 Å². The molecule has 0 saturated carbocycles. The molecule has 0 saturated heterocycles. The maximum absolute atomic E-state index is 9.56. The van der Waals surface area contributed by atoms with Gasteiger partial charge in [-0.2, -0.15) is 0 Å². The van der Waals surface area contributed by atoms with Crippen LogP contribution in [0.2, 0.25) is 0 Å². The third kappa shape index (κ3) is 6.39. The third-order valence-corrected chi connectivity index (χ3v) is 3.94. The lowest BCUT2D eigenvalue weighted by atomic mass is 9.75. The normalized spacial score (nSPS) is 15.9. The first-order chi connectivity index (χ1) is 7.95. The molecule has 0 aliphatic heterocycles. The topological polar surface area (TPSA) is 60.7 Å². The van der Waals surface area contributed by atoms with Crippen molar-refractivity contribution in [3.8, 4) is 0 Å². The van der Waals surface area contributed by atoms with Crippen molar-refractivity contribution in [1.82, 2.24) is 0 Å². The lowest BCUT2D eigenvalue weighted by molar-refractivity contribution is 0.0790. The quantitative estimate of drug-likeness (QED) is 0.554. The molecule has 0 aliphatic carbocycles. The van der Waals surface area contributed by atoms with Gasteiger partial charge in [-0.1, -0.05) is 27.2 Å². The van der Waals surface area contributed by atoms with Crippen molar-refractivity contribution in [1.29, 1.82) is 0 Å². The molecule has 0 amide bonds. The van der Waals surface area contributed by atoms with Crippen molar-refractivity contribution in [3.63, 3.8) is 0 Å². The number of aliphatic hydroxyl groups excluding tert-OH is 3. The average Bonchev–Trinajstić information content (AvgIpc) is 2.34. The second-order valence-electron chi connectivity index (χ2n) is 6.01. The SMILES string of the molecule is CCC(CO)(CCCO)CCCC(C)(C)CO. The Labute approximate surface area is 106 Å². The van der Waals surface area contributed by atoms with E-state index in [0.717, 1.165) is 38.5 Å². The lowest BCUT2D eigenvalue weighted by Crippen LogP contribution is -2.26. The van der Waals surface area contributed by atoms with Gasteiger partial charge >= 0.3 is 0 Å². The molecule has 0 bridgehead atoms. The van der Waals surface area contributed by atoms with Gasteiger partial charge in [0.05, 0.1) is 0 Å². The van der Waals surface area contributed by atoms with Gasteiger partial charge in [0.15, 0.2) is 0 Å². The van der Waals surface area contributed by atoms with Gasteiger partial charge in [-0.25, -0.2) is 0 Å². The van der Waals surface area contributed by atoms with Crippen LogP contribution in [0.5, 0.6) is 0 Å². The molecule has 0 aliphatic rings. The van der Waals surface area contributed by atoms with Crippen molar-refractivity contribution in [2.24, 2.45) is 10.8 Å². The second-order valence-corrected chi connectivity index (χ2v) is 6.01. The minimum absolute atomic E-state index is 0.0219. The molecule has 0 spiro atoms. The zero-order valence-electron chi connectivity index (χ0n) is 11.7. The van der Waals surface area contributed by atoms with E-state index < -0.39 is 0 Å². The highest BCUT2D eigenvalue weighted by atomic mass is 16.3. The Morgan fingerprint density at radius 2 is 1.41 bits per heavy atom. The standard InChI is InChI=1S/C14H30O3/c1-4-14(12-17,9-6-10-15)8-5-7-13(2,3)11-16/h15-17H,4-12H2,1-3H3. The summed E-state index contributed by atoms with van der Waals surface area (Å²) in [5.74, 6) is 0. The maximum atomic E-state index is 9.56. The predicted octanol–water partition coefficient (Wildman–Crippen LogP) is 2.34. The van der Waals surface area contributed by atoms with Crippen LogP contribution in [0.4, 0.5) is 0 Å². The first-order valence-corrected chi connectivity index (χ1v) is 6.78. The molecule has 3 heteroatoms. The molecule has 1 unspecified atom stereocenters. The first-order valence-electron chi connectivity index (χ1n) is 6.78. The number of hydrogen-bond acceptors (Lipinski definition) is 3. The minimum Gasteiger partial charge on any atom is -0.396 e. The molecule has 0 aromatic rings. The van der Waals surface area contributed by atoms with Gasteiger partial charge in [0.25, 0.3) is 0 Å². The van der Waals surface area contributed by atoms with E-state index in [4.69, 9.17) is 5.11 Å². The van der Waals surface area contributed by atoms with Crippen LogP contribution >= 0.6 is 0 Å². The molecule has 17 heavy (non-hydrogen) atoms. The Bertz CT molecular complexity index is 186. The van der Waals surface area contributed by atoms with Gasteiger partial charge < -0.3 is 15.3 Å². The Morgan fingerprint density at radius 3 is 1.82 bits per heavy atom. The van der Waals surface area contributed by atoms with Gasteiger partial charge in [-0.15, -0.1) is 0 Å². The number of rotatable bonds is 10. The van der Waals surface area contributed by atoms with Crippen LogP contribution in [0.1, 0.15) is 59.3 Å². The molecule has 0 rings (SSSR count). The van der Waals surface area contributed by atoms with E-state index in [1.54, 1.807) is 0 Å². The van der Waals surface area contributed by atoms with Gasteiger partial charge in [-0.05, 0) is 42.9 Å². The molecule has 0 radical (unpaired) electrons. The fraction of sp³-hybridized carbons (Fsp3) is 1.00. The van der Waals surface area contributed by atoms with E-state index in [-0.39, 0.29) is 30.7 Å². The number of hydrogen-bond donors (Lipinski definition) is 3. The Hall–Kier alpha value is -0.120. The molecule has 3 N–H and O–H groups in total. The largest absolute Gasteiger partial charge is 0.396 e. The van der Waals surface area contributed by atoms with Crippen LogP contribution in [0.15, 0.2) is 0 Å². The molecular formula is C14H30O3. The maximum Gasteiger partial charge on any atom is 0.0487 e. The highest BCUT2D eigenvalue weighted by Gasteiger charge is 2.27. The third-order valence-electron chi connectivity index (χ3n) is 3.94. The van der Waals surface area contributed by atoms with Crippen molar-refractivity contribution >= 4 is 0 Å². The van der Waals surface area contributed by atoms with Crippen molar-refractivity contribution < 1.29 is 15.3 Å². The Balaban J connectivity index is 4.16. The van der Waals surface area contributed by atoms with Gasteiger partial charge in [0, 0.05) is 19.8 Å². The highest BCUT2D eigenvalue weighted by molar-refractivity contribution is 4.78. The summed E-state index contributed by atoms with van der Waals surface area (Å²) in [6.07, 6.45) is 5.57. The molecule has 0 aromatic heterocycles. The molecule has 0 aromatic carbocycles. The summed E-state index contributed by atoms with van der Waals surface area (Å²) in [5.41, 5.74) is -0.0554. The Kier molecular flexibility index (Phi) is 8.01. The monoisotopic (exact) mass is 246 g/mol.